The summed E-state index contributed by atoms with van der Waals surface area (Å²) in [7, 11) is 0. The molecule has 1 aromatic carbocycles. The summed E-state index contributed by atoms with van der Waals surface area (Å²) >= 11 is 0. The van der Waals surface area contributed by atoms with Gasteiger partial charge in [0.2, 0.25) is 0 Å². The Hall–Kier alpha value is -1.14. The standard InChI is InChI=1S/C12H15F4NO/c1-2-3-10(18)11(17)8-6-7(13)4-5-9(8)12(14,15)16/h4-6,10-11,18H,2-3,17H2,1H3/t10-,11+/m1/s1. The lowest BCUT2D eigenvalue weighted by Gasteiger charge is -2.22. The molecule has 1 rings (SSSR count). The number of benzene rings is 1. The minimum atomic E-state index is -4.62. The Bertz CT molecular complexity index is 406. The van der Waals surface area contributed by atoms with Gasteiger partial charge in [0.15, 0.2) is 0 Å². The molecule has 2 nitrogen and oxygen atoms in total. The normalized spacial score (nSPS) is 15.5. The van der Waals surface area contributed by atoms with Crippen LogP contribution in [-0.4, -0.2) is 11.2 Å². The third kappa shape index (κ3) is 3.43. The molecule has 18 heavy (non-hydrogen) atoms. The Kier molecular flexibility index (Phi) is 4.70. The molecule has 0 unspecified atom stereocenters. The van der Waals surface area contributed by atoms with E-state index in [0.29, 0.717) is 12.5 Å². The van der Waals surface area contributed by atoms with Gasteiger partial charge in [-0.1, -0.05) is 13.3 Å². The van der Waals surface area contributed by atoms with Gasteiger partial charge in [0.05, 0.1) is 17.7 Å². The topological polar surface area (TPSA) is 46.2 Å². The van der Waals surface area contributed by atoms with Crippen molar-refractivity contribution in [1.29, 1.82) is 0 Å². The molecular weight excluding hydrogens is 250 g/mol. The van der Waals surface area contributed by atoms with Crippen molar-refractivity contribution in [1.82, 2.24) is 0 Å². The lowest BCUT2D eigenvalue weighted by Crippen LogP contribution is -2.28. The van der Waals surface area contributed by atoms with Gasteiger partial charge in [-0.2, -0.15) is 13.2 Å². The van der Waals surface area contributed by atoms with Crippen LogP contribution in [0.15, 0.2) is 18.2 Å². The zero-order chi connectivity index (χ0) is 13.9. The molecule has 0 amide bonds. The van der Waals surface area contributed by atoms with Crippen molar-refractivity contribution >= 4 is 0 Å². The zero-order valence-corrected chi connectivity index (χ0v) is 9.84. The molecule has 0 fully saturated rings. The van der Waals surface area contributed by atoms with Crippen molar-refractivity contribution in [2.24, 2.45) is 5.73 Å². The molecule has 0 aliphatic carbocycles. The van der Waals surface area contributed by atoms with E-state index in [4.69, 9.17) is 5.73 Å². The molecule has 2 atom stereocenters. The number of nitrogens with two attached hydrogens (primary N) is 1. The Morgan fingerprint density at radius 1 is 1.33 bits per heavy atom. The van der Waals surface area contributed by atoms with Gasteiger partial charge in [0.25, 0.3) is 0 Å². The van der Waals surface area contributed by atoms with E-state index >= 15 is 0 Å². The molecule has 0 heterocycles. The first-order chi connectivity index (χ1) is 8.27. The zero-order valence-electron chi connectivity index (χ0n) is 9.84. The van der Waals surface area contributed by atoms with Crippen molar-refractivity contribution < 1.29 is 22.7 Å². The van der Waals surface area contributed by atoms with Gasteiger partial charge in [-0.15, -0.1) is 0 Å². The lowest BCUT2D eigenvalue weighted by molar-refractivity contribution is -0.138. The molecule has 6 heteroatoms. The summed E-state index contributed by atoms with van der Waals surface area (Å²) in [5.74, 6) is -0.808. The molecule has 3 N–H and O–H groups in total. The predicted octanol–water partition coefficient (Wildman–Crippen LogP) is 3.01. The van der Waals surface area contributed by atoms with E-state index in [1.54, 1.807) is 6.92 Å². The van der Waals surface area contributed by atoms with Crippen LogP contribution < -0.4 is 5.73 Å². The van der Waals surface area contributed by atoms with Crippen LogP contribution in [0, 0.1) is 5.82 Å². The van der Waals surface area contributed by atoms with Crippen LogP contribution >= 0.6 is 0 Å². The summed E-state index contributed by atoms with van der Waals surface area (Å²) in [5.41, 5.74) is 4.15. The van der Waals surface area contributed by atoms with Crippen molar-refractivity contribution in [2.45, 2.75) is 38.1 Å². The number of rotatable bonds is 4. The van der Waals surface area contributed by atoms with E-state index in [0.717, 1.165) is 12.1 Å². The highest BCUT2D eigenvalue weighted by molar-refractivity contribution is 5.33. The van der Waals surface area contributed by atoms with Gasteiger partial charge in [0, 0.05) is 0 Å². The fourth-order valence-electron chi connectivity index (χ4n) is 1.75. The first-order valence-electron chi connectivity index (χ1n) is 5.57. The monoisotopic (exact) mass is 265 g/mol. The molecule has 0 saturated heterocycles. The Labute approximate surface area is 102 Å². The maximum absolute atomic E-state index is 13.0. The average molecular weight is 265 g/mol. The first kappa shape index (κ1) is 14.9. The molecule has 0 aliphatic rings. The molecule has 0 saturated carbocycles. The predicted molar refractivity (Wildman–Crippen MR) is 59.2 cm³/mol. The van der Waals surface area contributed by atoms with Crippen LogP contribution in [0.25, 0.3) is 0 Å². The number of hydrogen-bond acceptors (Lipinski definition) is 2. The highest BCUT2D eigenvalue weighted by Gasteiger charge is 2.36. The summed E-state index contributed by atoms with van der Waals surface area (Å²) in [6, 6.07) is 0.846. The quantitative estimate of drug-likeness (QED) is 0.822. The SMILES string of the molecule is CCC[C@@H](O)[C@@H](N)c1cc(F)ccc1C(F)(F)F. The Balaban J connectivity index is 3.17. The van der Waals surface area contributed by atoms with Crippen LogP contribution in [0.2, 0.25) is 0 Å². The average Bonchev–Trinajstić information content (AvgIpc) is 2.26. The molecule has 102 valence electrons. The second-order valence-corrected chi connectivity index (χ2v) is 4.11. The van der Waals surface area contributed by atoms with Crippen molar-refractivity contribution in [2.75, 3.05) is 0 Å². The third-order valence-corrected chi connectivity index (χ3v) is 2.68. The van der Waals surface area contributed by atoms with E-state index in [-0.39, 0.29) is 6.42 Å². The van der Waals surface area contributed by atoms with Gasteiger partial charge in [0.1, 0.15) is 5.82 Å². The van der Waals surface area contributed by atoms with Gasteiger partial charge >= 0.3 is 6.18 Å². The number of aliphatic hydroxyl groups excluding tert-OH is 1. The molecular formula is C12H15F4NO. The van der Waals surface area contributed by atoms with E-state index in [1.807, 2.05) is 0 Å². The number of hydrogen-bond donors (Lipinski definition) is 2. The molecule has 0 radical (unpaired) electrons. The minimum absolute atomic E-state index is 0.259. The van der Waals surface area contributed by atoms with Crippen molar-refractivity contribution in [3.63, 3.8) is 0 Å². The van der Waals surface area contributed by atoms with Crippen molar-refractivity contribution in [3.8, 4) is 0 Å². The van der Waals surface area contributed by atoms with Crippen molar-refractivity contribution in [3.05, 3.63) is 35.1 Å². The second-order valence-electron chi connectivity index (χ2n) is 4.11. The summed E-state index contributed by atoms with van der Waals surface area (Å²) < 4.78 is 51.2. The Morgan fingerprint density at radius 2 is 1.94 bits per heavy atom. The van der Waals surface area contributed by atoms with Crippen LogP contribution in [0.1, 0.15) is 36.9 Å². The van der Waals surface area contributed by atoms with Gasteiger partial charge in [-0.25, -0.2) is 4.39 Å². The molecule has 1 aromatic rings. The molecule has 0 aliphatic heterocycles. The van der Waals surface area contributed by atoms with Crippen LogP contribution in [0.3, 0.4) is 0 Å². The van der Waals surface area contributed by atoms with E-state index in [1.165, 1.54) is 0 Å². The fraction of sp³-hybridized carbons (Fsp3) is 0.500. The lowest BCUT2D eigenvalue weighted by atomic mass is 9.94. The summed E-state index contributed by atoms with van der Waals surface area (Å²) in [6.07, 6.45) is -4.91. The van der Waals surface area contributed by atoms with Gasteiger partial charge in [-0.05, 0) is 30.2 Å². The maximum Gasteiger partial charge on any atom is 0.416 e. The minimum Gasteiger partial charge on any atom is -0.391 e. The largest absolute Gasteiger partial charge is 0.416 e. The van der Waals surface area contributed by atoms with Crippen LogP contribution in [-0.2, 0) is 6.18 Å². The molecule has 0 bridgehead atoms. The summed E-state index contributed by atoms with van der Waals surface area (Å²) in [5, 5.41) is 9.64. The summed E-state index contributed by atoms with van der Waals surface area (Å²) in [6.45, 7) is 1.77. The number of alkyl halides is 3. The smallest absolute Gasteiger partial charge is 0.391 e. The Morgan fingerprint density at radius 3 is 2.44 bits per heavy atom. The highest BCUT2D eigenvalue weighted by Crippen LogP contribution is 2.35. The van der Waals surface area contributed by atoms with E-state index < -0.39 is 35.3 Å². The maximum atomic E-state index is 13.0. The van der Waals surface area contributed by atoms with Crippen LogP contribution in [0.4, 0.5) is 17.6 Å². The molecule has 0 aromatic heterocycles. The number of aliphatic hydroxyl groups is 1. The van der Waals surface area contributed by atoms with Gasteiger partial charge < -0.3 is 10.8 Å². The van der Waals surface area contributed by atoms with E-state index in [9.17, 15) is 22.7 Å². The second kappa shape index (κ2) is 5.67. The number of halogens is 4. The third-order valence-electron chi connectivity index (χ3n) is 2.68. The molecule has 0 spiro atoms. The van der Waals surface area contributed by atoms with Crippen LogP contribution in [0.5, 0.6) is 0 Å². The van der Waals surface area contributed by atoms with Gasteiger partial charge in [-0.3, -0.25) is 0 Å². The van der Waals surface area contributed by atoms with E-state index in [2.05, 4.69) is 0 Å². The summed E-state index contributed by atoms with van der Waals surface area (Å²) in [4.78, 5) is 0. The highest BCUT2D eigenvalue weighted by atomic mass is 19.4. The first-order valence-corrected chi connectivity index (χ1v) is 5.57. The fourth-order valence-corrected chi connectivity index (χ4v) is 1.75.